The number of carbonyl (C=O) groups is 1. The molecule has 28 heavy (non-hydrogen) atoms. The number of alkyl halides is 1. The van der Waals surface area contributed by atoms with Crippen molar-refractivity contribution in [1.82, 2.24) is 15.0 Å². The van der Waals surface area contributed by atoms with E-state index in [-0.39, 0.29) is 4.90 Å². The molecule has 0 radical (unpaired) electrons. The molecule has 7 nitrogen and oxygen atoms in total. The van der Waals surface area contributed by atoms with Gasteiger partial charge >= 0.3 is 6.03 Å². The summed E-state index contributed by atoms with van der Waals surface area (Å²) in [5.74, 6) is 0. The summed E-state index contributed by atoms with van der Waals surface area (Å²) in [5.41, 5.74) is 1.31. The van der Waals surface area contributed by atoms with E-state index in [4.69, 9.17) is 0 Å². The van der Waals surface area contributed by atoms with Crippen LogP contribution in [0, 0.1) is 0 Å². The molecule has 2 unspecified atom stereocenters. The lowest BCUT2D eigenvalue weighted by Gasteiger charge is -2.26. The molecular weight excluding hydrogens is 383 g/mol. The van der Waals surface area contributed by atoms with Gasteiger partial charge in [0, 0.05) is 24.6 Å². The van der Waals surface area contributed by atoms with Crippen LogP contribution in [0.15, 0.2) is 53.7 Å². The summed E-state index contributed by atoms with van der Waals surface area (Å²) in [6.07, 6.45) is 4.61. The average Bonchev–Trinajstić information content (AvgIpc) is 2.69. The highest BCUT2D eigenvalue weighted by Crippen LogP contribution is 2.23. The van der Waals surface area contributed by atoms with Crippen LogP contribution < -0.4 is 15.4 Å². The topological polar surface area (TPSA) is 100 Å². The highest BCUT2D eigenvalue weighted by atomic mass is 32.2. The molecule has 2 amide bonds. The predicted octanol–water partition coefficient (Wildman–Crippen LogP) is 2.96. The molecule has 1 aliphatic rings. The van der Waals surface area contributed by atoms with E-state index in [0.29, 0.717) is 25.1 Å². The van der Waals surface area contributed by atoms with Gasteiger partial charge in [0.15, 0.2) is 0 Å². The van der Waals surface area contributed by atoms with E-state index in [9.17, 15) is 17.6 Å². The smallest absolute Gasteiger partial charge is 0.319 e. The summed E-state index contributed by atoms with van der Waals surface area (Å²) in [6.45, 7) is 0.321. The Labute approximate surface area is 163 Å². The van der Waals surface area contributed by atoms with Gasteiger partial charge in [0.1, 0.15) is 6.17 Å². The van der Waals surface area contributed by atoms with Gasteiger partial charge in [-0.05, 0) is 48.7 Å². The van der Waals surface area contributed by atoms with Crippen LogP contribution in [0.25, 0.3) is 0 Å². The van der Waals surface area contributed by atoms with Crippen LogP contribution in [0.4, 0.5) is 14.9 Å². The fraction of sp³-hybridized carbons (Fsp3) is 0.368. The molecule has 3 rings (SSSR count). The molecule has 1 aromatic carbocycles. The lowest BCUT2D eigenvalue weighted by molar-refractivity contribution is 0.206. The van der Waals surface area contributed by atoms with Crippen molar-refractivity contribution in [3.05, 3.63) is 54.4 Å². The second kappa shape index (κ2) is 9.11. The first-order valence-electron chi connectivity index (χ1n) is 9.14. The van der Waals surface area contributed by atoms with Crippen LogP contribution in [0.2, 0.25) is 0 Å². The van der Waals surface area contributed by atoms with Crippen LogP contribution in [-0.4, -0.2) is 31.6 Å². The molecule has 1 fully saturated rings. The number of aromatic nitrogens is 1. The lowest BCUT2D eigenvalue weighted by atomic mass is 9.95. The van der Waals surface area contributed by atoms with E-state index < -0.39 is 28.3 Å². The molecule has 2 aromatic rings. The van der Waals surface area contributed by atoms with E-state index in [1.165, 1.54) is 24.3 Å². The first-order chi connectivity index (χ1) is 13.4. The number of rotatable bonds is 6. The Balaban J connectivity index is 1.55. The predicted molar refractivity (Wildman–Crippen MR) is 104 cm³/mol. The van der Waals surface area contributed by atoms with Gasteiger partial charge in [0.2, 0.25) is 10.0 Å². The van der Waals surface area contributed by atoms with Crippen molar-refractivity contribution in [3.63, 3.8) is 0 Å². The van der Waals surface area contributed by atoms with Gasteiger partial charge in [-0.25, -0.2) is 22.3 Å². The number of nitrogens with one attached hydrogen (secondary N) is 3. The first-order valence-corrected chi connectivity index (χ1v) is 10.6. The van der Waals surface area contributed by atoms with E-state index in [0.717, 1.165) is 18.4 Å². The summed E-state index contributed by atoms with van der Waals surface area (Å²) in [6, 6.07) is 8.27. The molecule has 0 saturated heterocycles. The summed E-state index contributed by atoms with van der Waals surface area (Å²) < 4.78 is 41.3. The maximum absolute atomic E-state index is 13.9. The molecule has 1 aromatic heterocycles. The van der Waals surface area contributed by atoms with Gasteiger partial charge in [-0.1, -0.05) is 18.9 Å². The monoisotopic (exact) mass is 406 g/mol. The van der Waals surface area contributed by atoms with Gasteiger partial charge in [-0.15, -0.1) is 0 Å². The molecule has 9 heteroatoms. The van der Waals surface area contributed by atoms with Gasteiger partial charge in [-0.2, -0.15) is 0 Å². The second-order valence-electron chi connectivity index (χ2n) is 6.72. The summed E-state index contributed by atoms with van der Waals surface area (Å²) in [5, 5.41) is 5.32. The molecule has 2 atom stereocenters. The maximum atomic E-state index is 13.9. The normalized spacial score (nSPS) is 19.8. The second-order valence-corrected chi connectivity index (χ2v) is 8.44. The van der Waals surface area contributed by atoms with E-state index in [2.05, 4.69) is 20.3 Å². The highest BCUT2D eigenvalue weighted by molar-refractivity contribution is 7.89. The van der Waals surface area contributed by atoms with Crippen molar-refractivity contribution >= 4 is 21.7 Å². The minimum Gasteiger partial charge on any atom is -0.334 e. The number of nitrogens with zero attached hydrogens (tertiary/aromatic N) is 1. The Bertz CT molecular complexity index is 891. The van der Waals surface area contributed by atoms with Crippen LogP contribution >= 0.6 is 0 Å². The number of anilines is 1. The van der Waals surface area contributed by atoms with Gasteiger partial charge in [-0.3, -0.25) is 4.98 Å². The number of amides is 2. The zero-order chi connectivity index (χ0) is 20.0. The van der Waals surface area contributed by atoms with Crippen molar-refractivity contribution in [2.45, 2.75) is 49.3 Å². The minimum absolute atomic E-state index is 0.0339. The van der Waals surface area contributed by atoms with Crippen LogP contribution in [-0.2, 0) is 16.6 Å². The van der Waals surface area contributed by atoms with E-state index >= 15 is 0 Å². The SMILES string of the molecule is O=C(NCc1cccnc1)Nc1ccc(S(=O)(=O)NC2CCCCC2F)cc1. The molecule has 0 spiro atoms. The largest absolute Gasteiger partial charge is 0.334 e. The third kappa shape index (κ3) is 5.49. The summed E-state index contributed by atoms with van der Waals surface area (Å²) >= 11 is 0. The summed E-state index contributed by atoms with van der Waals surface area (Å²) in [4.78, 5) is 16.0. The van der Waals surface area contributed by atoms with Crippen molar-refractivity contribution in [1.29, 1.82) is 0 Å². The molecule has 0 bridgehead atoms. The molecule has 150 valence electrons. The van der Waals surface area contributed by atoms with Crippen molar-refractivity contribution in [3.8, 4) is 0 Å². The Morgan fingerprint density at radius 3 is 2.57 bits per heavy atom. The number of benzene rings is 1. The van der Waals surface area contributed by atoms with Crippen molar-refractivity contribution in [2.24, 2.45) is 0 Å². The number of sulfonamides is 1. The Kier molecular flexibility index (Phi) is 6.58. The van der Waals surface area contributed by atoms with Crippen LogP contribution in [0.3, 0.4) is 0 Å². The Morgan fingerprint density at radius 2 is 1.89 bits per heavy atom. The third-order valence-corrected chi connectivity index (χ3v) is 6.09. The highest BCUT2D eigenvalue weighted by Gasteiger charge is 2.29. The van der Waals surface area contributed by atoms with Gasteiger partial charge < -0.3 is 10.6 Å². The standard InChI is InChI=1S/C19H23FN4O3S/c20-17-5-1-2-6-18(17)24-28(26,27)16-9-7-15(8-10-16)23-19(25)22-13-14-4-3-11-21-12-14/h3-4,7-12,17-18,24H,1-2,5-6,13H2,(H2,22,23,25). The number of urea groups is 1. The maximum Gasteiger partial charge on any atom is 0.319 e. The molecule has 1 saturated carbocycles. The summed E-state index contributed by atoms with van der Waals surface area (Å²) in [7, 11) is -3.81. The van der Waals surface area contributed by atoms with Crippen molar-refractivity contribution in [2.75, 3.05) is 5.32 Å². The first kappa shape index (κ1) is 20.2. The van der Waals surface area contributed by atoms with E-state index in [1.807, 2.05) is 6.07 Å². The average molecular weight is 406 g/mol. The zero-order valence-electron chi connectivity index (χ0n) is 15.3. The zero-order valence-corrected chi connectivity index (χ0v) is 16.1. The quantitative estimate of drug-likeness (QED) is 0.687. The fourth-order valence-electron chi connectivity index (χ4n) is 3.06. The third-order valence-electron chi connectivity index (χ3n) is 4.59. The number of pyridine rings is 1. The Hall–Kier alpha value is -2.52. The molecule has 1 aliphatic carbocycles. The van der Waals surface area contributed by atoms with Gasteiger partial charge in [0.05, 0.1) is 10.9 Å². The number of carbonyl (C=O) groups excluding carboxylic acids is 1. The molecule has 0 aliphatic heterocycles. The molecule has 1 heterocycles. The molecular formula is C19H23FN4O3S. The minimum atomic E-state index is -3.81. The van der Waals surface area contributed by atoms with Crippen molar-refractivity contribution < 1.29 is 17.6 Å². The number of hydrogen-bond acceptors (Lipinski definition) is 4. The fourth-order valence-corrected chi connectivity index (χ4v) is 4.36. The van der Waals surface area contributed by atoms with Gasteiger partial charge in [0.25, 0.3) is 0 Å². The van der Waals surface area contributed by atoms with Crippen LogP contribution in [0.5, 0.6) is 0 Å². The Morgan fingerprint density at radius 1 is 1.14 bits per heavy atom. The lowest BCUT2D eigenvalue weighted by Crippen LogP contribution is -2.43. The molecule has 3 N–H and O–H groups in total. The number of hydrogen-bond donors (Lipinski definition) is 3. The number of halogens is 1. The van der Waals surface area contributed by atoms with Crippen LogP contribution in [0.1, 0.15) is 31.2 Å². The van der Waals surface area contributed by atoms with E-state index in [1.54, 1.807) is 18.5 Å².